The Bertz CT molecular complexity index is 531. The third kappa shape index (κ3) is 2.36. The van der Waals surface area contributed by atoms with Crippen molar-refractivity contribution in [2.75, 3.05) is 7.05 Å². The van der Waals surface area contributed by atoms with Crippen LogP contribution in [0.2, 0.25) is 0 Å². The molecule has 0 aliphatic rings. The largest absolute Gasteiger partial charge is 0.309 e. The Hall–Kier alpha value is -1.12. The molecule has 96 valence electrons. The quantitative estimate of drug-likeness (QED) is 0.867. The van der Waals surface area contributed by atoms with Gasteiger partial charge in [-0.15, -0.1) is 11.3 Å². The Balaban J connectivity index is 2.56. The zero-order valence-electron chi connectivity index (χ0n) is 11.8. The number of nitrogens with one attached hydrogen (secondary N) is 1. The van der Waals surface area contributed by atoms with Crippen LogP contribution in [0.3, 0.4) is 0 Å². The van der Waals surface area contributed by atoms with Gasteiger partial charge in [-0.3, -0.25) is 0 Å². The van der Waals surface area contributed by atoms with Crippen LogP contribution in [0.15, 0.2) is 23.6 Å². The third-order valence-electron chi connectivity index (χ3n) is 3.53. The molecule has 1 aromatic heterocycles. The van der Waals surface area contributed by atoms with Crippen LogP contribution in [0.1, 0.15) is 38.7 Å². The van der Waals surface area contributed by atoms with Crippen molar-refractivity contribution in [1.82, 2.24) is 5.32 Å². The van der Waals surface area contributed by atoms with Gasteiger partial charge in [0, 0.05) is 4.88 Å². The first-order valence-corrected chi connectivity index (χ1v) is 7.21. The van der Waals surface area contributed by atoms with Crippen LogP contribution in [-0.4, -0.2) is 7.05 Å². The lowest BCUT2D eigenvalue weighted by Crippen LogP contribution is -2.20. The van der Waals surface area contributed by atoms with Gasteiger partial charge in [0.25, 0.3) is 0 Å². The molecule has 1 N–H and O–H groups in total. The zero-order valence-corrected chi connectivity index (χ0v) is 12.6. The molecular formula is C16H21NS. The highest BCUT2D eigenvalue weighted by Crippen LogP contribution is 2.32. The minimum absolute atomic E-state index is 0.303. The van der Waals surface area contributed by atoms with Crippen molar-refractivity contribution in [3.63, 3.8) is 0 Å². The summed E-state index contributed by atoms with van der Waals surface area (Å²) in [6.45, 7) is 8.78. The van der Waals surface area contributed by atoms with Crippen LogP contribution in [0, 0.1) is 27.7 Å². The summed E-state index contributed by atoms with van der Waals surface area (Å²) in [6.07, 6.45) is 0. The van der Waals surface area contributed by atoms with Crippen molar-refractivity contribution in [3.8, 4) is 0 Å². The number of aryl methyl sites for hydroxylation is 4. The predicted molar refractivity (Wildman–Crippen MR) is 80.6 cm³/mol. The standard InChI is InChI=1S/C16H21NS/c1-10-8-11(2)15(12(3)9-10)16(17-5)14-6-7-18-13(14)4/h6-9,16-17H,1-5H3. The van der Waals surface area contributed by atoms with Crippen molar-refractivity contribution < 1.29 is 0 Å². The molecule has 2 aromatic rings. The highest BCUT2D eigenvalue weighted by molar-refractivity contribution is 7.10. The van der Waals surface area contributed by atoms with E-state index in [1.165, 1.54) is 32.7 Å². The molecule has 0 aliphatic heterocycles. The Morgan fingerprint density at radius 3 is 2.11 bits per heavy atom. The molecule has 18 heavy (non-hydrogen) atoms. The van der Waals surface area contributed by atoms with Crippen LogP contribution >= 0.6 is 11.3 Å². The number of hydrogen-bond donors (Lipinski definition) is 1. The molecule has 1 unspecified atom stereocenters. The molecule has 1 nitrogen and oxygen atoms in total. The molecular weight excluding hydrogens is 238 g/mol. The maximum Gasteiger partial charge on any atom is 0.0590 e. The Morgan fingerprint density at radius 2 is 1.67 bits per heavy atom. The predicted octanol–water partition coefficient (Wildman–Crippen LogP) is 4.29. The fraction of sp³-hybridized carbons (Fsp3) is 0.375. The summed E-state index contributed by atoms with van der Waals surface area (Å²) in [4.78, 5) is 1.40. The van der Waals surface area contributed by atoms with E-state index in [2.05, 4.69) is 56.6 Å². The monoisotopic (exact) mass is 259 g/mol. The van der Waals surface area contributed by atoms with E-state index in [9.17, 15) is 0 Å². The van der Waals surface area contributed by atoms with Gasteiger partial charge in [-0.25, -0.2) is 0 Å². The average molecular weight is 259 g/mol. The van der Waals surface area contributed by atoms with Gasteiger partial charge in [-0.2, -0.15) is 0 Å². The van der Waals surface area contributed by atoms with Crippen LogP contribution in [0.25, 0.3) is 0 Å². The van der Waals surface area contributed by atoms with Crippen molar-refractivity contribution >= 4 is 11.3 Å². The lowest BCUT2D eigenvalue weighted by atomic mass is 9.90. The molecule has 0 fully saturated rings. The lowest BCUT2D eigenvalue weighted by molar-refractivity contribution is 0.682. The topological polar surface area (TPSA) is 12.0 Å². The van der Waals surface area contributed by atoms with Gasteiger partial charge in [0.15, 0.2) is 0 Å². The molecule has 0 spiro atoms. The van der Waals surface area contributed by atoms with E-state index in [1.807, 2.05) is 18.4 Å². The number of rotatable bonds is 3. The second-order valence-corrected chi connectivity index (χ2v) is 6.09. The van der Waals surface area contributed by atoms with E-state index in [0.29, 0.717) is 6.04 Å². The molecule has 0 amide bonds. The summed E-state index contributed by atoms with van der Waals surface area (Å²) < 4.78 is 0. The van der Waals surface area contributed by atoms with Crippen molar-refractivity contribution in [2.24, 2.45) is 0 Å². The van der Waals surface area contributed by atoms with Crippen LogP contribution in [0.5, 0.6) is 0 Å². The van der Waals surface area contributed by atoms with E-state index < -0.39 is 0 Å². The van der Waals surface area contributed by atoms with Crippen molar-refractivity contribution in [2.45, 2.75) is 33.7 Å². The summed E-state index contributed by atoms with van der Waals surface area (Å²) in [5.41, 5.74) is 6.91. The van der Waals surface area contributed by atoms with Gasteiger partial charge in [-0.05, 0) is 68.4 Å². The maximum atomic E-state index is 3.47. The first-order valence-electron chi connectivity index (χ1n) is 6.33. The molecule has 0 bridgehead atoms. The van der Waals surface area contributed by atoms with Crippen molar-refractivity contribution in [1.29, 1.82) is 0 Å². The van der Waals surface area contributed by atoms with Crippen LogP contribution in [0.4, 0.5) is 0 Å². The van der Waals surface area contributed by atoms with E-state index in [4.69, 9.17) is 0 Å². The number of hydrogen-bond acceptors (Lipinski definition) is 2. The minimum Gasteiger partial charge on any atom is -0.309 e. The fourth-order valence-corrected chi connectivity index (χ4v) is 3.54. The normalized spacial score (nSPS) is 12.7. The van der Waals surface area contributed by atoms with Crippen LogP contribution in [-0.2, 0) is 0 Å². The molecule has 1 aromatic carbocycles. The summed E-state index contributed by atoms with van der Waals surface area (Å²) in [5, 5.41) is 5.64. The van der Waals surface area contributed by atoms with Gasteiger partial charge in [0.1, 0.15) is 0 Å². The lowest BCUT2D eigenvalue weighted by Gasteiger charge is -2.22. The maximum absolute atomic E-state index is 3.47. The summed E-state index contributed by atoms with van der Waals surface area (Å²) in [6, 6.07) is 7.08. The smallest absolute Gasteiger partial charge is 0.0590 e. The third-order valence-corrected chi connectivity index (χ3v) is 4.39. The molecule has 0 radical (unpaired) electrons. The van der Waals surface area contributed by atoms with Gasteiger partial charge in [0.05, 0.1) is 6.04 Å². The Kier molecular flexibility index (Phi) is 3.88. The zero-order chi connectivity index (χ0) is 13.3. The minimum atomic E-state index is 0.303. The second kappa shape index (κ2) is 5.25. The number of benzene rings is 1. The van der Waals surface area contributed by atoms with E-state index in [1.54, 1.807) is 0 Å². The van der Waals surface area contributed by atoms with Gasteiger partial charge in [-0.1, -0.05) is 17.7 Å². The van der Waals surface area contributed by atoms with Crippen LogP contribution < -0.4 is 5.32 Å². The average Bonchev–Trinajstić information content (AvgIpc) is 2.69. The summed E-state index contributed by atoms with van der Waals surface area (Å²) >= 11 is 1.82. The van der Waals surface area contributed by atoms with E-state index in [-0.39, 0.29) is 0 Å². The Labute approximate surface area is 114 Å². The van der Waals surface area contributed by atoms with Gasteiger partial charge < -0.3 is 5.32 Å². The van der Waals surface area contributed by atoms with Gasteiger partial charge >= 0.3 is 0 Å². The Morgan fingerprint density at radius 1 is 1.06 bits per heavy atom. The number of thiophene rings is 1. The molecule has 1 atom stereocenters. The van der Waals surface area contributed by atoms with Crippen molar-refractivity contribution in [3.05, 3.63) is 56.3 Å². The fourth-order valence-electron chi connectivity index (χ4n) is 2.80. The molecule has 0 saturated heterocycles. The highest BCUT2D eigenvalue weighted by atomic mass is 32.1. The second-order valence-electron chi connectivity index (χ2n) is 4.97. The molecule has 2 rings (SSSR count). The van der Waals surface area contributed by atoms with Gasteiger partial charge in [0.2, 0.25) is 0 Å². The molecule has 2 heteroatoms. The first-order chi connectivity index (χ1) is 8.54. The molecule has 1 heterocycles. The molecule has 0 saturated carbocycles. The molecule has 0 aliphatic carbocycles. The summed E-state index contributed by atoms with van der Waals surface area (Å²) in [5.74, 6) is 0. The SMILES string of the molecule is CNC(c1ccsc1C)c1c(C)cc(C)cc1C. The first kappa shape index (κ1) is 13.3. The summed E-state index contributed by atoms with van der Waals surface area (Å²) in [7, 11) is 2.04. The highest BCUT2D eigenvalue weighted by Gasteiger charge is 2.19. The van der Waals surface area contributed by atoms with E-state index in [0.717, 1.165) is 0 Å². The van der Waals surface area contributed by atoms with E-state index >= 15 is 0 Å².